The van der Waals surface area contributed by atoms with Crippen molar-refractivity contribution in [3.63, 3.8) is 0 Å². The number of hydrogen-bond donors (Lipinski definition) is 3. The van der Waals surface area contributed by atoms with Crippen LogP contribution >= 0.6 is 0 Å². The number of benzene rings is 2. The highest BCUT2D eigenvalue weighted by molar-refractivity contribution is 6.01. The van der Waals surface area contributed by atoms with Gasteiger partial charge in [0.05, 0.1) is 17.6 Å². The normalized spacial score (nSPS) is 13.7. The van der Waals surface area contributed by atoms with E-state index < -0.39 is 5.91 Å². The number of primary amides is 1. The molecule has 0 unspecified atom stereocenters. The molecule has 7 nitrogen and oxygen atoms in total. The van der Waals surface area contributed by atoms with Crippen molar-refractivity contribution in [3.05, 3.63) is 53.7 Å². The van der Waals surface area contributed by atoms with Crippen LogP contribution in [-0.2, 0) is 0 Å². The SMILES string of the molecule is NC(=O)c1cc2cc(N)ccc2n1-c1ccc2c(c1)C(=O)NCCO2. The second-order valence-electron chi connectivity index (χ2n) is 5.83. The average molecular weight is 336 g/mol. The van der Waals surface area contributed by atoms with Crippen molar-refractivity contribution in [2.45, 2.75) is 0 Å². The van der Waals surface area contributed by atoms with E-state index in [2.05, 4.69) is 5.32 Å². The Hall–Kier alpha value is -3.48. The lowest BCUT2D eigenvalue weighted by Crippen LogP contribution is -2.24. The molecule has 126 valence electrons. The molecule has 0 radical (unpaired) electrons. The van der Waals surface area contributed by atoms with Crippen molar-refractivity contribution in [3.8, 4) is 11.4 Å². The molecule has 0 spiro atoms. The first-order valence-corrected chi connectivity index (χ1v) is 7.81. The van der Waals surface area contributed by atoms with Gasteiger partial charge in [-0.15, -0.1) is 0 Å². The molecule has 25 heavy (non-hydrogen) atoms. The van der Waals surface area contributed by atoms with Crippen LogP contribution in [0.2, 0.25) is 0 Å². The van der Waals surface area contributed by atoms with Crippen molar-refractivity contribution in [1.29, 1.82) is 0 Å². The number of aromatic nitrogens is 1. The minimum atomic E-state index is -0.564. The summed E-state index contributed by atoms with van der Waals surface area (Å²) in [5.74, 6) is -0.263. The number of hydrogen-bond acceptors (Lipinski definition) is 4. The van der Waals surface area contributed by atoms with Crippen LogP contribution in [0.5, 0.6) is 5.75 Å². The lowest BCUT2D eigenvalue weighted by atomic mass is 10.1. The molecule has 0 atom stereocenters. The number of carbonyl (C=O) groups is 2. The van der Waals surface area contributed by atoms with Crippen LogP contribution in [0.4, 0.5) is 5.69 Å². The summed E-state index contributed by atoms with van der Waals surface area (Å²) >= 11 is 0. The van der Waals surface area contributed by atoms with Gasteiger partial charge in [-0.05, 0) is 42.5 Å². The maximum atomic E-state index is 12.2. The molecule has 2 heterocycles. The van der Waals surface area contributed by atoms with Gasteiger partial charge in [0.25, 0.3) is 11.8 Å². The number of rotatable bonds is 2. The Morgan fingerprint density at radius 1 is 1.16 bits per heavy atom. The van der Waals surface area contributed by atoms with Crippen LogP contribution < -0.4 is 21.5 Å². The molecule has 3 aromatic rings. The molecule has 1 aliphatic heterocycles. The Morgan fingerprint density at radius 3 is 2.80 bits per heavy atom. The predicted octanol–water partition coefficient (Wildman–Crippen LogP) is 1.43. The molecular weight excluding hydrogens is 320 g/mol. The summed E-state index contributed by atoms with van der Waals surface area (Å²) in [6.45, 7) is 0.859. The number of amides is 2. The first kappa shape index (κ1) is 15.1. The van der Waals surface area contributed by atoms with Gasteiger partial charge in [0, 0.05) is 16.8 Å². The van der Waals surface area contributed by atoms with E-state index in [1.54, 1.807) is 41.0 Å². The Kier molecular flexibility index (Phi) is 3.35. The van der Waals surface area contributed by atoms with Crippen molar-refractivity contribution in [2.24, 2.45) is 5.73 Å². The number of nitrogen functional groups attached to an aromatic ring is 1. The Labute approximate surface area is 143 Å². The maximum absolute atomic E-state index is 12.2. The third-order valence-electron chi connectivity index (χ3n) is 4.19. The molecule has 2 aromatic carbocycles. The molecule has 7 heteroatoms. The van der Waals surface area contributed by atoms with E-state index in [-0.39, 0.29) is 5.91 Å². The van der Waals surface area contributed by atoms with E-state index in [9.17, 15) is 9.59 Å². The molecular formula is C18H16N4O3. The number of anilines is 1. The maximum Gasteiger partial charge on any atom is 0.265 e. The van der Waals surface area contributed by atoms with Gasteiger partial charge in [-0.2, -0.15) is 0 Å². The molecule has 0 saturated carbocycles. The summed E-state index contributed by atoms with van der Waals surface area (Å²) in [5, 5.41) is 3.57. The highest BCUT2D eigenvalue weighted by Gasteiger charge is 2.20. The molecule has 0 bridgehead atoms. The summed E-state index contributed by atoms with van der Waals surface area (Å²) < 4.78 is 7.29. The Bertz CT molecular complexity index is 1020. The number of nitrogens with zero attached hydrogens (tertiary/aromatic N) is 1. The van der Waals surface area contributed by atoms with Gasteiger partial charge in [0.1, 0.15) is 18.1 Å². The topological polar surface area (TPSA) is 112 Å². The van der Waals surface area contributed by atoms with Gasteiger partial charge >= 0.3 is 0 Å². The van der Waals surface area contributed by atoms with Crippen molar-refractivity contribution >= 4 is 28.4 Å². The molecule has 0 fully saturated rings. The lowest BCUT2D eigenvalue weighted by Gasteiger charge is -2.12. The predicted molar refractivity (Wildman–Crippen MR) is 94.0 cm³/mol. The number of carbonyl (C=O) groups excluding carboxylic acids is 2. The second kappa shape index (κ2) is 5.55. The zero-order valence-corrected chi connectivity index (χ0v) is 13.3. The monoisotopic (exact) mass is 336 g/mol. The summed E-state index contributed by atoms with van der Waals surface area (Å²) in [4.78, 5) is 24.2. The van der Waals surface area contributed by atoms with Crippen LogP contribution in [0, 0.1) is 0 Å². The fraction of sp³-hybridized carbons (Fsp3) is 0.111. The van der Waals surface area contributed by atoms with Crippen LogP contribution in [0.15, 0.2) is 42.5 Å². The number of fused-ring (bicyclic) bond motifs is 2. The van der Waals surface area contributed by atoms with Gasteiger partial charge in [-0.3, -0.25) is 9.59 Å². The summed E-state index contributed by atoms with van der Waals surface area (Å²) in [6, 6.07) is 12.2. The molecule has 1 aromatic heterocycles. The van der Waals surface area contributed by atoms with Gasteiger partial charge in [-0.1, -0.05) is 0 Å². The van der Waals surface area contributed by atoms with E-state index >= 15 is 0 Å². The largest absolute Gasteiger partial charge is 0.491 e. The highest BCUT2D eigenvalue weighted by atomic mass is 16.5. The van der Waals surface area contributed by atoms with Crippen molar-refractivity contribution < 1.29 is 14.3 Å². The number of nitrogens with one attached hydrogen (secondary N) is 1. The first-order chi connectivity index (χ1) is 12.0. The zero-order chi connectivity index (χ0) is 17.6. The minimum absolute atomic E-state index is 0.212. The van der Waals surface area contributed by atoms with E-state index in [0.29, 0.717) is 41.5 Å². The molecule has 2 amide bonds. The minimum Gasteiger partial charge on any atom is -0.491 e. The number of ether oxygens (including phenoxy) is 1. The summed E-state index contributed by atoms with van der Waals surface area (Å²) in [5.41, 5.74) is 14.1. The van der Waals surface area contributed by atoms with Crippen LogP contribution in [-0.4, -0.2) is 29.5 Å². The van der Waals surface area contributed by atoms with Crippen molar-refractivity contribution in [2.75, 3.05) is 18.9 Å². The van der Waals surface area contributed by atoms with Crippen LogP contribution in [0.25, 0.3) is 16.6 Å². The van der Waals surface area contributed by atoms with Gasteiger partial charge in [-0.25, -0.2) is 0 Å². The fourth-order valence-electron chi connectivity index (χ4n) is 3.07. The third-order valence-corrected chi connectivity index (χ3v) is 4.19. The second-order valence-corrected chi connectivity index (χ2v) is 5.83. The van der Waals surface area contributed by atoms with Gasteiger partial charge < -0.3 is 26.1 Å². The van der Waals surface area contributed by atoms with E-state index in [1.807, 2.05) is 6.07 Å². The van der Waals surface area contributed by atoms with E-state index in [1.165, 1.54) is 0 Å². The standard InChI is InChI=1S/C18H16N4O3/c19-11-1-3-14-10(7-11)8-15(17(20)23)22(14)12-2-4-16-13(9-12)18(24)21-5-6-25-16/h1-4,7-9H,5-6,19H2,(H2,20,23)(H,21,24). The Morgan fingerprint density at radius 2 is 2.00 bits per heavy atom. The Balaban J connectivity index is 1.97. The summed E-state index contributed by atoms with van der Waals surface area (Å²) in [6.07, 6.45) is 0. The van der Waals surface area contributed by atoms with Gasteiger partial charge in [0.2, 0.25) is 0 Å². The number of nitrogens with two attached hydrogens (primary N) is 2. The molecule has 5 N–H and O–H groups in total. The zero-order valence-electron chi connectivity index (χ0n) is 13.3. The molecule has 1 aliphatic rings. The highest BCUT2D eigenvalue weighted by Crippen LogP contribution is 2.29. The lowest BCUT2D eigenvalue weighted by molar-refractivity contribution is 0.0956. The average Bonchev–Trinajstić information content (AvgIpc) is 2.87. The third kappa shape index (κ3) is 2.46. The molecule has 0 saturated heterocycles. The quantitative estimate of drug-likeness (QED) is 0.615. The van der Waals surface area contributed by atoms with Crippen LogP contribution in [0.3, 0.4) is 0 Å². The molecule has 4 rings (SSSR count). The van der Waals surface area contributed by atoms with Crippen LogP contribution in [0.1, 0.15) is 20.8 Å². The smallest absolute Gasteiger partial charge is 0.265 e. The van der Waals surface area contributed by atoms with Gasteiger partial charge in [0.15, 0.2) is 0 Å². The van der Waals surface area contributed by atoms with E-state index in [0.717, 1.165) is 10.9 Å². The molecule has 0 aliphatic carbocycles. The summed E-state index contributed by atoms with van der Waals surface area (Å²) in [7, 11) is 0. The van der Waals surface area contributed by atoms with Crippen molar-refractivity contribution in [1.82, 2.24) is 9.88 Å². The van der Waals surface area contributed by atoms with E-state index in [4.69, 9.17) is 16.2 Å². The first-order valence-electron chi connectivity index (χ1n) is 7.81. The fourth-order valence-corrected chi connectivity index (χ4v) is 3.07.